The molecule has 0 aliphatic carbocycles. The highest BCUT2D eigenvalue weighted by molar-refractivity contribution is 7.76. The average Bonchev–Trinajstić information content (AvgIpc) is 2.54. The number of hydrogen-bond acceptors (Lipinski definition) is 4. The van der Waals surface area contributed by atoms with E-state index < -0.39 is 17.2 Å². The molecule has 6 nitrogen and oxygen atoms in total. The van der Waals surface area contributed by atoms with Crippen LogP contribution in [0.2, 0.25) is 0 Å². The highest BCUT2D eigenvalue weighted by Gasteiger charge is 2.14. The summed E-state index contributed by atoms with van der Waals surface area (Å²) in [6, 6.07) is 11.0. The van der Waals surface area contributed by atoms with Gasteiger partial charge >= 0.3 is 5.97 Å². The fourth-order valence-corrected chi connectivity index (χ4v) is 2.62. The molecular formula is C16H18N2O4S. The Kier molecular flexibility index (Phi) is 5.97. The van der Waals surface area contributed by atoms with Gasteiger partial charge < -0.3 is 4.74 Å². The van der Waals surface area contributed by atoms with Gasteiger partial charge in [-0.15, -0.1) is 0 Å². The lowest BCUT2D eigenvalue weighted by Crippen LogP contribution is -2.25. The van der Waals surface area contributed by atoms with Crippen molar-refractivity contribution in [3.8, 4) is 0 Å². The molecule has 0 aliphatic heterocycles. The van der Waals surface area contributed by atoms with Crippen LogP contribution in [0.25, 0.3) is 0 Å². The van der Waals surface area contributed by atoms with Gasteiger partial charge in [0.25, 0.3) is 0 Å². The van der Waals surface area contributed by atoms with Crippen molar-refractivity contribution < 1.29 is 18.3 Å². The molecule has 2 rings (SSSR count). The summed E-state index contributed by atoms with van der Waals surface area (Å²) in [5.41, 5.74) is 2.96. The van der Waals surface area contributed by atoms with E-state index in [0.29, 0.717) is 17.8 Å². The first kappa shape index (κ1) is 17.3. The summed E-state index contributed by atoms with van der Waals surface area (Å²) in [6.45, 7) is 2.49. The first-order valence-corrected chi connectivity index (χ1v) is 8.00. The summed E-state index contributed by atoms with van der Waals surface area (Å²) in [5, 5.41) is 0. The molecule has 0 saturated carbocycles. The van der Waals surface area contributed by atoms with Crippen LogP contribution in [0.4, 0.5) is 0 Å². The first-order chi connectivity index (χ1) is 11.0. The minimum absolute atomic E-state index is 0.193. The topological polar surface area (TPSA) is 79.7 Å². The predicted molar refractivity (Wildman–Crippen MR) is 86.8 cm³/mol. The van der Waals surface area contributed by atoms with Gasteiger partial charge in [0.2, 0.25) is 11.3 Å². The molecule has 122 valence electrons. The molecule has 0 spiro atoms. The van der Waals surface area contributed by atoms with Crippen molar-refractivity contribution in [2.45, 2.75) is 20.0 Å². The molecule has 0 radical (unpaired) electrons. The molecule has 0 saturated heterocycles. The van der Waals surface area contributed by atoms with E-state index in [1.165, 1.54) is 17.6 Å². The van der Waals surface area contributed by atoms with Crippen LogP contribution in [0.5, 0.6) is 0 Å². The molecular weight excluding hydrogens is 316 g/mol. The summed E-state index contributed by atoms with van der Waals surface area (Å²) < 4.78 is 27.0. The first-order valence-electron chi connectivity index (χ1n) is 6.94. The lowest BCUT2D eigenvalue weighted by molar-refractivity contribution is 0.0600. The van der Waals surface area contributed by atoms with Crippen LogP contribution in [0.1, 0.15) is 27.2 Å². The standard InChI is InChI=1S/C16H18N2O4S/c1-12-4-3-5-13(8-12)10-18(23(20)21)11-15-7-6-14(9-17-15)16(19)22-2/h3-9H,10-11H2,1-2H3,(H,20,21). The van der Waals surface area contributed by atoms with Gasteiger partial charge in [-0.1, -0.05) is 29.8 Å². The van der Waals surface area contributed by atoms with E-state index in [1.807, 2.05) is 31.2 Å². The van der Waals surface area contributed by atoms with E-state index in [-0.39, 0.29) is 6.54 Å². The third-order valence-corrected chi connectivity index (χ3v) is 3.95. The van der Waals surface area contributed by atoms with Crippen molar-refractivity contribution in [2.24, 2.45) is 0 Å². The van der Waals surface area contributed by atoms with E-state index in [9.17, 15) is 13.6 Å². The quantitative estimate of drug-likeness (QED) is 0.648. The highest BCUT2D eigenvalue weighted by atomic mass is 32.2. The molecule has 1 aromatic heterocycles. The lowest BCUT2D eigenvalue weighted by atomic mass is 10.1. The molecule has 7 heteroatoms. The Balaban J connectivity index is 2.10. The van der Waals surface area contributed by atoms with Gasteiger partial charge in [0, 0.05) is 12.7 Å². The van der Waals surface area contributed by atoms with Gasteiger partial charge in [0.05, 0.1) is 24.9 Å². The van der Waals surface area contributed by atoms with Crippen molar-refractivity contribution >= 4 is 17.2 Å². The molecule has 0 amide bonds. The molecule has 1 heterocycles. The smallest absolute Gasteiger partial charge is 0.339 e. The van der Waals surface area contributed by atoms with Crippen LogP contribution in [-0.4, -0.2) is 31.1 Å². The number of pyridine rings is 1. The third-order valence-electron chi connectivity index (χ3n) is 3.25. The third kappa shape index (κ3) is 4.95. The molecule has 1 aromatic carbocycles. The van der Waals surface area contributed by atoms with E-state index >= 15 is 0 Å². The van der Waals surface area contributed by atoms with Gasteiger partial charge in [-0.05, 0) is 24.6 Å². The van der Waals surface area contributed by atoms with E-state index in [4.69, 9.17) is 0 Å². The second-order valence-electron chi connectivity index (χ2n) is 5.05. The van der Waals surface area contributed by atoms with Crippen molar-refractivity contribution in [2.75, 3.05) is 7.11 Å². The highest BCUT2D eigenvalue weighted by Crippen LogP contribution is 2.12. The zero-order chi connectivity index (χ0) is 16.8. The van der Waals surface area contributed by atoms with Crippen LogP contribution in [0.3, 0.4) is 0 Å². The molecule has 23 heavy (non-hydrogen) atoms. The number of benzene rings is 1. The fraction of sp³-hybridized carbons (Fsp3) is 0.250. The number of esters is 1. The average molecular weight is 334 g/mol. The van der Waals surface area contributed by atoms with Crippen LogP contribution in [0.15, 0.2) is 42.6 Å². The molecule has 2 aromatic rings. The van der Waals surface area contributed by atoms with Gasteiger partial charge in [-0.3, -0.25) is 9.54 Å². The number of carbonyl (C=O) groups excluding carboxylic acids is 1. The van der Waals surface area contributed by atoms with Crippen LogP contribution in [0, 0.1) is 6.92 Å². The minimum atomic E-state index is -2.12. The monoisotopic (exact) mass is 334 g/mol. The predicted octanol–water partition coefficient (Wildman–Crippen LogP) is 2.32. The Morgan fingerprint density at radius 3 is 2.65 bits per heavy atom. The summed E-state index contributed by atoms with van der Waals surface area (Å²) in [7, 11) is 1.30. The normalized spacial score (nSPS) is 12.2. The Labute approximate surface area is 137 Å². The Morgan fingerprint density at radius 1 is 1.30 bits per heavy atom. The van der Waals surface area contributed by atoms with Crippen molar-refractivity contribution in [3.05, 3.63) is 65.0 Å². The van der Waals surface area contributed by atoms with Crippen molar-refractivity contribution in [1.29, 1.82) is 0 Å². The summed E-state index contributed by atoms with van der Waals surface area (Å²) in [5.74, 6) is -0.466. The van der Waals surface area contributed by atoms with E-state index in [2.05, 4.69) is 9.72 Å². The molecule has 0 aliphatic rings. The summed E-state index contributed by atoms with van der Waals surface area (Å²) in [4.78, 5) is 15.5. The Hall–Kier alpha value is -2.09. The van der Waals surface area contributed by atoms with Crippen LogP contribution < -0.4 is 0 Å². The second kappa shape index (κ2) is 7.96. The van der Waals surface area contributed by atoms with Gasteiger partial charge in [0.1, 0.15) is 0 Å². The number of aromatic nitrogens is 1. The number of nitrogens with zero attached hydrogens (tertiary/aromatic N) is 2. The molecule has 1 atom stereocenters. The van der Waals surface area contributed by atoms with Gasteiger partial charge in [0.15, 0.2) is 0 Å². The largest absolute Gasteiger partial charge is 0.465 e. The molecule has 0 bridgehead atoms. The van der Waals surface area contributed by atoms with E-state index in [1.54, 1.807) is 12.1 Å². The second-order valence-corrected chi connectivity index (χ2v) is 6.03. The Morgan fingerprint density at radius 2 is 2.09 bits per heavy atom. The maximum Gasteiger partial charge on any atom is 0.339 e. The number of aryl methyl sites for hydroxylation is 1. The molecule has 1 unspecified atom stereocenters. The summed E-state index contributed by atoms with van der Waals surface area (Å²) >= 11 is -2.12. The Bertz CT molecular complexity index is 703. The van der Waals surface area contributed by atoms with Crippen molar-refractivity contribution in [1.82, 2.24) is 9.29 Å². The fourth-order valence-electron chi connectivity index (χ4n) is 2.12. The molecule has 0 fully saturated rings. The molecule has 1 N–H and O–H groups in total. The number of ether oxygens (including phenoxy) is 1. The van der Waals surface area contributed by atoms with Gasteiger partial charge in [-0.25, -0.2) is 9.00 Å². The van der Waals surface area contributed by atoms with Crippen LogP contribution >= 0.6 is 0 Å². The zero-order valence-electron chi connectivity index (χ0n) is 12.9. The van der Waals surface area contributed by atoms with E-state index in [0.717, 1.165) is 11.1 Å². The number of methoxy groups -OCH3 is 1. The number of rotatable bonds is 6. The number of carbonyl (C=O) groups is 1. The maximum atomic E-state index is 11.5. The van der Waals surface area contributed by atoms with Crippen LogP contribution in [-0.2, 0) is 29.1 Å². The SMILES string of the molecule is COC(=O)c1ccc(CN(Cc2cccc(C)c2)S(=O)O)nc1. The lowest BCUT2D eigenvalue weighted by Gasteiger charge is -2.17. The summed E-state index contributed by atoms with van der Waals surface area (Å²) in [6.07, 6.45) is 1.40. The zero-order valence-corrected chi connectivity index (χ0v) is 13.7. The minimum Gasteiger partial charge on any atom is -0.465 e. The number of hydrogen-bond donors (Lipinski definition) is 1. The van der Waals surface area contributed by atoms with Crippen molar-refractivity contribution in [3.63, 3.8) is 0 Å². The van der Waals surface area contributed by atoms with Gasteiger partial charge in [-0.2, -0.15) is 4.31 Å². The maximum absolute atomic E-state index is 11.5.